The third-order valence-corrected chi connectivity index (χ3v) is 3.78. The summed E-state index contributed by atoms with van der Waals surface area (Å²) in [5.41, 5.74) is 4.01. The van der Waals surface area contributed by atoms with Crippen LogP contribution in [0.3, 0.4) is 0 Å². The van der Waals surface area contributed by atoms with Crippen LogP contribution >= 0.6 is 0 Å². The first-order valence-electron chi connectivity index (χ1n) is 7.61. The van der Waals surface area contributed by atoms with Crippen molar-refractivity contribution in [3.8, 4) is 11.5 Å². The van der Waals surface area contributed by atoms with E-state index in [1.807, 2.05) is 50.2 Å². The molecule has 0 aromatic heterocycles. The lowest BCUT2D eigenvalue weighted by atomic mass is 10.1. The van der Waals surface area contributed by atoms with E-state index in [1.54, 1.807) is 14.2 Å². The Balaban J connectivity index is 2.03. The van der Waals surface area contributed by atoms with Gasteiger partial charge in [-0.05, 0) is 61.2 Å². The molecule has 1 amide bonds. The molecule has 0 atom stereocenters. The molecule has 0 unspecified atom stereocenters. The highest BCUT2D eigenvalue weighted by Crippen LogP contribution is 2.25. The summed E-state index contributed by atoms with van der Waals surface area (Å²) in [6, 6.07) is 11.6. The van der Waals surface area contributed by atoms with E-state index in [1.165, 1.54) is 0 Å². The first-order valence-corrected chi connectivity index (χ1v) is 7.61. The molecule has 0 aliphatic carbocycles. The van der Waals surface area contributed by atoms with E-state index in [9.17, 15) is 4.79 Å². The molecule has 0 spiro atoms. The molecule has 122 valence electrons. The number of carbonyl (C=O) groups is 1. The normalized spacial score (nSPS) is 10.3. The Hall–Kier alpha value is -2.49. The van der Waals surface area contributed by atoms with Gasteiger partial charge in [-0.3, -0.25) is 4.79 Å². The number of methoxy groups -OCH3 is 2. The number of hydrogen-bond donors (Lipinski definition) is 1. The monoisotopic (exact) mass is 313 g/mol. The predicted molar refractivity (Wildman–Crippen MR) is 92.4 cm³/mol. The van der Waals surface area contributed by atoms with E-state index in [4.69, 9.17) is 9.47 Å². The van der Waals surface area contributed by atoms with Gasteiger partial charge in [0.1, 0.15) is 11.5 Å². The Labute approximate surface area is 137 Å². The number of rotatable bonds is 6. The van der Waals surface area contributed by atoms with Crippen LogP contribution in [0, 0.1) is 13.8 Å². The maximum atomic E-state index is 12.2. The molecule has 4 nitrogen and oxygen atoms in total. The van der Waals surface area contributed by atoms with Crippen molar-refractivity contribution in [1.29, 1.82) is 0 Å². The van der Waals surface area contributed by atoms with Gasteiger partial charge in [0.05, 0.1) is 14.2 Å². The van der Waals surface area contributed by atoms with Gasteiger partial charge in [-0.25, -0.2) is 0 Å². The topological polar surface area (TPSA) is 47.6 Å². The van der Waals surface area contributed by atoms with Crippen molar-refractivity contribution in [1.82, 2.24) is 0 Å². The second-order valence-corrected chi connectivity index (χ2v) is 5.54. The van der Waals surface area contributed by atoms with E-state index in [2.05, 4.69) is 5.32 Å². The molecule has 2 aromatic carbocycles. The van der Waals surface area contributed by atoms with Crippen LogP contribution in [0.2, 0.25) is 0 Å². The Morgan fingerprint density at radius 3 is 2.52 bits per heavy atom. The fourth-order valence-corrected chi connectivity index (χ4v) is 2.41. The molecule has 2 aromatic rings. The average Bonchev–Trinajstić information content (AvgIpc) is 2.56. The zero-order chi connectivity index (χ0) is 16.8. The first-order chi connectivity index (χ1) is 11.0. The summed E-state index contributed by atoms with van der Waals surface area (Å²) < 4.78 is 10.6. The summed E-state index contributed by atoms with van der Waals surface area (Å²) >= 11 is 0. The second kappa shape index (κ2) is 7.68. The molecule has 0 saturated carbocycles. The van der Waals surface area contributed by atoms with Crippen LogP contribution in [0.1, 0.15) is 23.1 Å². The first kappa shape index (κ1) is 16.9. The minimum atomic E-state index is -0.0106. The SMILES string of the molecule is COc1ccc(OC)c(CCC(=O)Nc2cc(C)ccc2C)c1. The minimum absolute atomic E-state index is 0.0106. The van der Waals surface area contributed by atoms with Crippen molar-refractivity contribution in [2.75, 3.05) is 19.5 Å². The Morgan fingerprint density at radius 2 is 1.83 bits per heavy atom. The standard InChI is InChI=1S/C19H23NO3/c1-13-5-6-14(2)17(11-13)20-19(21)10-7-15-12-16(22-3)8-9-18(15)23-4/h5-6,8-9,11-12H,7,10H2,1-4H3,(H,20,21). The number of carbonyl (C=O) groups excluding carboxylic acids is 1. The largest absolute Gasteiger partial charge is 0.497 e. The van der Waals surface area contributed by atoms with Crippen molar-refractivity contribution in [2.24, 2.45) is 0 Å². The third kappa shape index (κ3) is 4.49. The van der Waals surface area contributed by atoms with E-state index >= 15 is 0 Å². The van der Waals surface area contributed by atoms with E-state index < -0.39 is 0 Å². The molecule has 0 aliphatic heterocycles. The number of amides is 1. The van der Waals surface area contributed by atoms with E-state index in [0.29, 0.717) is 12.8 Å². The van der Waals surface area contributed by atoms with Gasteiger partial charge in [0.15, 0.2) is 0 Å². The van der Waals surface area contributed by atoms with Gasteiger partial charge in [-0.2, -0.15) is 0 Å². The highest BCUT2D eigenvalue weighted by molar-refractivity contribution is 5.91. The Kier molecular flexibility index (Phi) is 5.63. The number of anilines is 1. The third-order valence-electron chi connectivity index (χ3n) is 3.78. The van der Waals surface area contributed by atoms with Gasteiger partial charge >= 0.3 is 0 Å². The lowest BCUT2D eigenvalue weighted by molar-refractivity contribution is -0.116. The average molecular weight is 313 g/mol. The molecule has 0 radical (unpaired) electrons. The molecule has 0 fully saturated rings. The second-order valence-electron chi connectivity index (χ2n) is 5.54. The van der Waals surface area contributed by atoms with Crippen molar-refractivity contribution in [2.45, 2.75) is 26.7 Å². The quantitative estimate of drug-likeness (QED) is 0.880. The van der Waals surface area contributed by atoms with Gasteiger partial charge in [0, 0.05) is 12.1 Å². The Morgan fingerprint density at radius 1 is 1.04 bits per heavy atom. The van der Waals surface area contributed by atoms with Gasteiger partial charge in [-0.1, -0.05) is 12.1 Å². The summed E-state index contributed by atoms with van der Waals surface area (Å²) in [6.07, 6.45) is 0.980. The van der Waals surface area contributed by atoms with Crippen molar-refractivity contribution in [3.05, 3.63) is 53.1 Å². The molecule has 4 heteroatoms. The number of nitrogens with one attached hydrogen (secondary N) is 1. The summed E-state index contributed by atoms with van der Waals surface area (Å²) in [7, 11) is 3.25. The number of ether oxygens (including phenoxy) is 2. The number of aryl methyl sites for hydroxylation is 3. The van der Waals surface area contributed by atoms with Gasteiger partial charge < -0.3 is 14.8 Å². The van der Waals surface area contributed by atoms with Crippen LogP contribution in [0.5, 0.6) is 11.5 Å². The summed E-state index contributed by atoms with van der Waals surface area (Å²) in [6.45, 7) is 4.00. The molecule has 0 aliphatic rings. The molecule has 2 rings (SSSR count). The lowest BCUT2D eigenvalue weighted by Gasteiger charge is -2.12. The van der Waals surface area contributed by atoms with E-state index in [0.717, 1.165) is 33.9 Å². The van der Waals surface area contributed by atoms with Crippen molar-refractivity contribution in [3.63, 3.8) is 0 Å². The smallest absolute Gasteiger partial charge is 0.224 e. The highest BCUT2D eigenvalue weighted by atomic mass is 16.5. The van der Waals surface area contributed by atoms with Crippen molar-refractivity contribution < 1.29 is 14.3 Å². The molecular formula is C19H23NO3. The summed E-state index contributed by atoms with van der Waals surface area (Å²) in [4.78, 5) is 12.2. The molecule has 23 heavy (non-hydrogen) atoms. The van der Waals surface area contributed by atoms with E-state index in [-0.39, 0.29) is 5.91 Å². The van der Waals surface area contributed by atoms with Crippen LogP contribution < -0.4 is 14.8 Å². The van der Waals surface area contributed by atoms with Crippen LogP contribution in [0.4, 0.5) is 5.69 Å². The maximum absolute atomic E-state index is 12.2. The molecule has 0 saturated heterocycles. The minimum Gasteiger partial charge on any atom is -0.497 e. The highest BCUT2D eigenvalue weighted by Gasteiger charge is 2.09. The maximum Gasteiger partial charge on any atom is 0.224 e. The van der Waals surface area contributed by atoms with Crippen LogP contribution in [0.15, 0.2) is 36.4 Å². The molecule has 1 N–H and O–H groups in total. The van der Waals surface area contributed by atoms with Crippen molar-refractivity contribution >= 4 is 11.6 Å². The fraction of sp³-hybridized carbons (Fsp3) is 0.316. The number of hydrogen-bond acceptors (Lipinski definition) is 3. The van der Waals surface area contributed by atoms with Crippen LogP contribution in [0.25, 0.3) is 0 Å². The summed E-state index contributed by atoms with van der Waals surface area (Å²) in [5, 5.41) is 2.98. The number of benzene rings is 2. The zero-order valence-corrected chi connectivity index (χ0v) is 14.1. The van der Waals surface area contributed by atoms with Gasteiger partial charge in [-0.15, -0.1) is 0 Å². The molecule has 0 heterocycles. The van der Waals surface area contributed by atoms with Crippen LogP contribution in [-0.4, -0.2) is 20.1 Å². The fourth-order valence-electron chi connectivity index (χ4n) is 2.41. The van der Waals surface area contributed by atoms with Gasteiger partial charge in [0.2, 0.25) is 5.91 Å². The van der Waals surface area contributed by atoms with Gasteiger partial charge in [0.25, 0.3) is 0 Å². The molecule has 0 bridgehead atoms. The zero-order valence-electron chi connectivity index (χ0n) is 14.1. The molecular weight excluding hydrogens is 290 g/mol. The summed E-state index contributed by atoms with van der Waals surface area (Å²) in [5.74, 6) is 1.52. The van der Waals surface area contributed by atoms with Crippen LogP contribution in [-0.2, 0) is 11.2 Å². The Bertz CT molecular complexity index is 695. The predicted octanol–water partition coefficient (Wildman–Crippen LogP) is 3.89. The lowest BCUT2D eigenvalue weighted by Crippen LogP contribution is -2.13.